The molecule has 0 aliphatic rings. The first-order valence-electron chi connectivity index (χ1n) is 6.70. The minimum Gasteiger partial charge on any atom is -0.406 e. The van der Waals surface area contributed by atoms with Crippen LogP contribution in [0.2, 0.25) is 0 Å². The van der Waals surface area contributed by atoms with Crippen molar-refractivity contribution in [2.45, 2.75) is 39.1 Å². The second-order valence-electron chi connectivity index (χ2n) is 5.10. The maximum Gasteiger partial charge on any atom is 0.573 e. The topological polar surface area (TPSA) is 60.2 Å². The lowest BCUT2D eigenvalue weighted by Gasteiger charge is -2.13. The zero-order chi connectivity index (χ0) is 16.3. The van der Waals surface area contributed by atoms with Crippen LogP contribution >= 0.6 is 0 Å². The smallest absolute Gasteiger partial charge is 0.406 e. The molecule has 0 saturated carbocycles. The fourth-order valence-corrected chi connectivity index (χ4v) is 1.75. The zero-order valence-electron chi connectivity index (χ0n) is 12.3. The first kappa shape index (κ1) is 16.1. The van der Waals surface area contributed by atoms with Crippen LogP contribution in [0, 0.1) is 0 Å². The van der Waals surface area contributed by atoms with Crippen LogP contribution in [0.15, 0.2) is 28.8 Å². The maximum absolute atomic E-state index is 12.1. The van der Waals surface area contributed by atoms with Crippen molar-refractivity contribution < 1.29 is 22.4 Å². The summed E-state index contributed by atoms with van der Waals surface area (Å²) in [6, 6.07) is 5.66. The number of rotatable bonds is 5. The first-order chi connectivity index (χ1) is 10.2. The lowest BCUT2D eigenvalue weighted by atomic mass is 10.1. The molecule has 0 saturated heterocycles. The normalized spacial score (nSPS) is 13.2. The number of ether oxygens (including phenoxy) is 1. The van der Waals surface area contributed by atoms with E-state index in [0.29, 0.717) is 5.82 Å². The van der Waals surface area contributed by atoms with Gasteiger partial charge in [-0.15, -0.1) is 13.2 Å². The summed E-state index contributed by atoms with van der Waals surface area (Å²) in [5.41, 5.74) is 0.763. The van der Waals surface area contributed by atoms with Crippen LogP contribution in [0.4, 0.5) is 19.2 Å². The maximum atomic E-state index is 12.1. The Hall–Kier alpha value is -2.25. The Morgan fingerprint density at radius 3 is 2.27 bits per heavy atom. The van der Waals surface area contributed by atoms with Crippen molar-refractivity contribution in [1.29, 1.82) is 0 Å². The van der Waals surface area contributed by atoms with Crippen LogP contribution in [0.1, 0.15) is 44.1 Å². The summed E-state index contributed by atoms with van der Waals surface area (Å²) in [4.78, 5) is 4.18. The predicted molar refractivity (Wildman–Crippen MR) is 73.5 cm³/mol. The van der Waals surface area contributed by atoms with Gasteiger partial charge in [0.2, 0.25) is 0 Å². The number of nitrogens with one attached hydrogen (secondary N) is 1. The van der Waals surface area contributed by atoms with E-state index in [1.807, 2.05) is 20.8 Å². The molecule has 2 aromatic rings. The van der Waals surface area contributed by atoms with E-state index in [1.54, 1.807) is 12.1 Å². The summed E-state index contributed by atoms with van der Waals surface area (Å²) in [6.07, 6.45) is -4.69. The standard InChI is InChI=1S/C14H16F3N3O2/c1-8(2)12-19-13(22-20-12)18-9(3)10-4-6-11(7-5-10)21-14(15,16)17/h4-9H,1-3H3,(H,18,19,20)/t9-/m0/s1. The number of aromatic nitrogens is 2. The third kappa shape index (κ3) is 4.37. The van der Waals surface area contributed by atoms with Crippen molar-refractivity contribution in [3.05, 3.63) is 35.7 Å². The molecule has 0 unspecified atom stereocenters. The van der Waals surface area contributed by atoms with Gasteiger partial charge in [0.15, 0.2) is 5.82 Å². The molecule has 0 bridgehead atoms. The third-order valence-electron chi connectivity index (χ3n) is 2.91. The van der Waals surface area contributed by atoms with Gasteiger partial charge >= 0.3 is 12.4 Å². The number of hydrogen-bond acceptors (Lipinski definition) is 5. The van der Waals surface area contributed by atoms with Crippen LogP contribution in [-0.4, -0.2) is 16.5 Å². The summed E-state index contributed by atoms with van der Waals surface area (Å²) in [7, 11) is 0. The molecule has 0 radical (unpaired) electrons. The third-order valence-corrected chi connectivity index (χ3v) is 2.91. The molecule has 5 nitrogen and oxygen atoms in total. The zero-order valence-corrected chi connectivity index (χ0v) is 12.3. The Labute approximate surface area is 125 Å². The predicted octanol–water partition coefficient (Wildman–Crippen LogP) is 4.26. The van der Waals surface area contributed by atoms with Crippen molar-refractivity contribution in [2.75, 3.05) is 5.32 Å². The molecule has 0 spiro atoms. The van der Waals surface area contributed by atoms with Crippen LogP contribution in [0.5, 0.6) is 5.75 Å². The molecular weight excluding hydrogens is 299 g/mol. The van der Waals surface area contributed by atoms with Crippen LogP contribution in [0.3, 0.4) is 0 Å². The highest BCUT2D eigenvalue weighted by atomic mass is 19.4. The van der Waals surface area contributed by atoms with Crippen molar-refractivity contribution >= 4 is 6.01 Å². The molecular formula is C14H16F3N3O2. The summed E-state index contributed by atoms with van der Waals surface area (Å²) < 4.78 is 45.2. The van der Waals surface area contributed by atoms with Crippen molar-refractivity contribution in [1.82, 2.24) is 10.1 Å². The average molecular weight is 315 g/mol. The Bertz CT molecular complexity index is 609. The SMILES string of the molecule is CC(C)c1noc(N[C@@H](C)c2ccc(OC(F)(F)F)cc2)n1. The van der Waals surface area contributed by atoms with Crippen molar-refractivity contribution in [2.24, 2.45) is 0 Å². The van der Waals surface area contributed by atoms with E-state index < -0.39 is 6.36 Å². The van der Waals surface area contributed by atoms with Gasteiger partial charge in [-0.3, -0.25) is 0 Å². The molecule has 1 aromatic heterocycles. The highest BCUT2D eigenvalue weighted by molar-refractivity contribution is 5.33. The van der Waals surface area contributed by atoms with Crippen molar-refractivity contribution in [3.63, 3.8) is 0 Å². The van der Waals surface area contributed by atoms with Gasteiger partial charge in [0, 0.05) is 5.92 Å². The largest absolute Gasteiger partial charge is 0.573 e. The van der Waals surface area contributed by atoms with Gasteiger partial charge < -0.3 is 14.6 Å². The minimum atomic E-state index is -4.69. The van der Waals surface area contributed by atoms with Crippen LogP contribution < -0.4 is 10.1 Å². The van der Waals surface area contributed by atoms with Gasteiger partial charge in [-0.05, 0) is 24.6 Å². The first-order valence-corrected chi connectivity index (χ1v) is 6.70. The molecule has 0 fully saturated rings. The monoisotopic (exact) mass is 315 g/mol. The van der Waals surface area contributed by atoms with Gasteiger partial charge in [-0.25, -0.2) is 0 Å². The Kier molecular flexibility index (Phi) is 4.58. The molecule has 1 aromatic carbocycles. The summed E-state index contributed by atoms with van der Waals surface area (Å²) >= 11 is 0. The number of nitrogens with zero attached hydrogens (tertiary/aromatic N) is 2. The van der Waals surface area contributed by atoms with Crippen LogP contribution in [0.25, 0.3) is 0 Å². The second kappa shape index (κ2) is 6.25. The van der Waals surface area contributed by atoms with Gasteiger partial charge in [0.1, 0.15) is 5.75 Å². The fraction of sp³-hybridized carbons (Fsp3) is 0.429. The summed E-state index contributed by atoms with van der Waals surface area (Å²) in [5.74, 6) is 0.473. The molecule has 22 heavy (non-hydrogen) atoms. The molecule has 1 heterocycles. The molecule has 120 valence electrons. The number of alkyl halides is 3. The molecule has 8 heteroatoms. The highest BCUT2D eigenvalue weighted by Gasteiger charge is 2.31. The lowest BCUT2D eigenvalue weighted by molar-refractivity contribution is -0.274. The molecule has 0 amide bonds. The minimum absolute atomic E-state index is 0.147. The number of benzene rings is 1. The fourth-order valence-electron chi connectivity index (χ4n) is 1.75. The van der Waals surface area contributed by atoms with E-state index in [4.69, 9.17) is 4.52 Å². The molecule has 1 N–H and O–H groups in total. The van der Waals surface area contributed by atoms with Gasteiger partial charge in [-0.2, -0.15) is 4.98 Å². The Morgan fingerprint density at radius 2 is 1.77 bits per heavy atom. The molecule has 2 rings (SSSR count). The van der Waals surface area contributed by atoms with Gasteiger partial charge in [-0.1, -0.05) is 31.1 Å². The lowest BCUT2D eigenvalue weighted by Crippen LogP contribution is -2.17. The van der Waals surface area contributed by atoms with E-state index in [-0.39, 0.29) is 23.7 Å². The average Bonchev–Trinajstić information content (AvgIpc) is 2.86. The molecule has 0 aliphatic heterocycles. The second-order valence-corrected chi connectivity index (χ2v) is 5.10. The number of halogens is 3. The van der Waals surface area contributed by atoms with E-state index in [9.17, 15) is 13.2 Å². The van der Waals surface area contributed by atoms with Gasteiger partial charge in [0.05, 0.1) is 6.04 Å². The number of anilines is 1. The van der Waals surface area contributed by atoms with E-state index >= 15 is 0 Å². The molecule has 0 aliphatic carbocycles. The quantitative estimate of drug-likeness (QED) is 0.893. The van der Waals surface area contributed by atoms with E-state index in [1.165, 1.54) is 12.1 Å². The molecule has 1 atom stereocenters. The van der Waals surface area contributed by atoms with Crippen molar-refractivity contribution in [3.8, 4) is 5.75 Å². The van der Waals surface area contributed by atoms with E-state index in [2.05, 4.69) is 20.2 Å². The Balaban J connectivity index is 2.01. The van der Waals surface area contributed by atoms with Crippen LogP contribution in [-0.2, 0) is 0 Å². The summed E-state index contributed by atoms with van der Waals surface area (Å²) in [5, 5.41) is 6.82. The van der Waals surface area contributed by atoms with E-state index in [0.717, 1.165) is 5.56 Å². The number of hydrogen-bond donors (Lipinski definition) is 1. The van der Waals surface area contributed by atoms with Gasteiger partial charge in [0.25, 0.3) is 0 Å². The Morgan fingerprint density at radius 1 is 1.14 bits per heavy atom. The summed E-state index contributed by atoms with van der Waals surface area (Å²) in [6.45, 7) is 5.72. The highest BCUT2D eigenvalue weighted by Crippen LogP contribution is 2.25.